The highest BCUT2D eigenvalue weighted by Gasteiger charge is 2.22. The maximum atomic E-state index is 6.17. The van der Waals surface area contributed by atoms with E-state index in [-0.39, 0.29) is 0 Å². The Kier molecular flexibility index (Phi) is 5.11. The van der Waals surface area contributed by atoms with Crippen LogP contribution >= 0.6 is 11.6 Å². The third-order valence-corrected chi connectivity index (χ3v) is 5.87. The monoisotopic (exact) mass is 433 g/mol. The minimum atomic E-state index is 0.719. The average Bonchev–Trinajstić information content (AvgIpc) is 3.16. The maximum Gasteiger partial charge on any atom is 0.229 e. The van der Waals surface area contributed by atoms with E-state index in [0.29, 0.717) is 0 Å². The second-order valence-electron chi connectivity index (χ2n) is 7.82. The standard InChI is InChI=1S/C23H24ClN7/c1-16-6-8-18(9-7-16)26-21-20-15-25-29(2)22(20)28-23(27-21)31-12-10-30(11-13-31)19-5-3-4-17(24)14-19/h3-9,14-15H,10-13H2,1-2H3,(H,26,27,28). The predicted octanol–water partition coefficient (Wildman–Crippen LogP) is 4.40. The molecule has 31 heavy (non-hydrogen) atoms. The molecule has 7 nitrogen and oxygen atoms in total. The van der Waals surface area contributed by atoms with Crippen LogP contribution in [0.4, 0.5) is 23.1 Å². The number of halogens is 1. The zero-order valence-corrected chi connectivity index (χ0v) is 18.3. The zero-order chi connectivity index (χ0) is 21.4. The van der Waals surface area contributed by atoms with Gasteiger partial charge >= 0.3 is 0 Å². The number of rotatable bonds is 4. The molecule has 0 aliphatic carbocycles. The molecule has 0 amide bonds. The third kappa shape index (κ3) is 4.01. The summed E-state index contributed by atoms with van der Waals surface area (Å²) in [5.41, 5.74) is 4.18. The van der Waals surface area contributed by atoms with Gasteiger partial charge in [-0.3, -0.25) is 4.68 Å². The van der Waals surface area contributed by atoms with Gasteiger partial charge in [0.25, 0.3) is 0 Å². The van der Waals surface area contributed by atoms with Crippen LogP contribution in [-0.2, 0) is 7.05 Å². The summed E-state index contributed by atoms with van der Waals surface area (Å²) in [6.45, 7) is 5.51. The summed E-state index contributed by atoms with van der Waals surface area (Å²) in [5.74, 6) is 1.49. The van der Waals surface area contributed by atoms with Gasteiger partial charge < -0.3 is 15.1 Å². The molecule has 2 aromatic carbocycles. The van der Waals surface area contributed by atoms with Crippen LogP contribution in [0.1, 0.15) is 5.56 Å². The fraction of sp³-hybridized carbons (Fsp3) is 0.261. The molecule has 5 rings (SSSR count). The van der Waals surface area contributed by atoms with Gasteiger partial charge in [0.05, 0.1) is 11.6 Å². The van der Waals surface area contributed by atoms with Gasteiger partial charge in [0.2, 0.25) is 5.95 Å². The van der Waals surface area contributed by atoms with Gasteiger partial charge in [-0.15, -0.1) is 0 Å². The first-order valence-corrected chi connectivity index (χ1v) is 10.7. The van der Waals surface area contributed by atoms with Gasteiger partial charge in [-0.2, -0.15) is 15.1 Å². The van der Waals surface area contributed by atoms with E-state index in [0.717, 1.165) is 65.4 Å². The normalized spacial score (nSPS) is 14.3. The van der Waals surface area contributed by atoms with Crippen LogP contribution in [0, 0.1) is 6.92 Å². The molecule has 0 radical (unpaired) electrons. The Hall–Kier alpha value is -3.32. The van der Waals surface area contributed by atoms with Crippen LogP contribution in [0.5, 0.6) is 0 Å². The van der Waals surface area contributed by atoms with Gasteiger partial charge in [-0.05, 0) is 37.3 Å². The Bertz CT molecular complexity index is 1210. The van der Waals surface area contributed by atoms with E-state index < -0.39 is 0 Å². The van der Waals surface area contributed by atoms with E-state index in [1.54, 1.807) is 4.68 Å². The smallest absolute Gasteiger partial charge is 0.229 e. The van der Waals surface area contributed by atoms with Crippen molar-refractivity contribution in [3.63, 3.8) is 0 Å². The highest BCUT2D eigenvalue weighted by Crippen LogP contribution is 2.27. The topological polar surface area (TPSA) is 62.1 Å². The van der Waals surface area contributed by atoms with Crippen molar-refractivity contribution in [1.29, 1.82) is 0 Å². The second kappa shape index (κ2) is 8.07. The first kappa shape index (κ1) is 19.6. The van der Waals surface area contributed by atoms with Crippen molar-refractivity contribution in [2.24, 2.45) is 7.05 Å². The molecule has 158 valence electrons. The number of hydrogen-bond acceptors (Lipinski definition) is 6. The van der Waals surface area contributed by atoms with E-state index in [9.17, 15) is 0 Å². The lowest BCUT2D eigenvalue weighted by Gasteiger charge is -2.36. The first-order chi connectivity index (χ1) is 15.1. The van der Waals surface area contributed by atoms with Crippen LogP contribution in [0.3, 0.4) is 0 Å². The molecule has 1 fully saturated rings. The first-order valence-electron chi connectivity index (χ1n) is 10.4. The van der Waals surface area contributed by atoms with Crippen LogP contribution in [-0.4, -0.2) is 45.9 Å². The van der Waals surface area contributed by atoms with Crippen molar-refractivity contribution in [3.05, 3.63) is 65.3 Å². The second-order valence-corrected chi connectivity index (χ2v) is 8.26. The zero-order valence-electron chi connectivity index (χ0n) is 17.6. The highest BCUT2D eigenvalue weighted by atomic mass is 35.5. The minimum absolute atomic E-state index is 0.719. The molecule has 4 aromatic rings. The molecule has 0 bridgehead atoms. The molecule has 1 aliphatic heterocycles. The summed E-state index contributed by atoms with van der Waals surface area (Å²) in [5, 5.41) is 9.51. The van der Waals surface area contributed by atoms with Crippen molar-refractivity contribution >= 4 is 45.8 Å². The average molecular weight is 434 g/mol. The molecule has 0 spiro atoms. The predicted molar refractivity (Wildman–Crippen MR) is 127 cm³/mol. The van der Waals surface area contributed by atoms with Gasteiger partial charge in [0.15, 0.2) is 5.65 Å². The molecule has 1 aliphatic rings. The number of nitrogens with one attached hydrogen (secondary N) is 1. The van der Waals surface area contributed by atoms with E-state index in [2.05, 4.69) is 57.5 Å². The van der Waals surface area contributed by atoms with E-state index in [1.165, 1.54) is 5.56 Å². The summed E-state index contributed by atoms with van der Waals surface area (Å²) < 4.78 is 1.79. The Balaban J connectivity index is 1.41. The van der Waals surface area contributed by atoms with Crippen molar-refractivity contribution in [2.45, 2.75) is 6.92 Å². The Morgan fingerprint density at radius 2 is 1.68 bits per heavy atom. The van der Waals surface area contributed by atoms with E-state index in [4.69, 9.17) is 21.6 Å². The summed E-state index contributed by atoms with van der Waals surface area (Å²) in [6.07, 6.45) is 1.81. The van der Waals surface area contributed by atoms with Gasteiger partial charge in [-0.1, -0.05) is 35.4 Å². The fourth-order valence-corrected chi connectivity index (χ4v) is 4.04. The third-order valence-electron chi connectivity index (χ3n) is 5.63. The molecular weight excluding hydrogens is 410 g/mol. The van der Waals surface area contributed by atoms with E-state index >= 15 is 0 Å². The van der Waals surface area contributed by atoms with Crippen molar-refractivity contribution in [1.82, 2.24) is 19.7 Å². The fourth-order valence-electron chi connectivity index (χ4n) is 3.86. The molecule has 2 aromatic heterocycles. The van der Waals surface area contributed by atoms with Gasteiger partial charge in [-0.25, -0.2) is 0 Å². The lowest BCUT2D eigenvalue weighted by Crippen LogP contribution is -2.47. The number of piperazine rings is 1. The van der Waals surface area contributed by atoms with Crippen molar-refractivity contribution in [2.75, 3.05) is 41.3 Å². The van der Waals surface area contributed by atoms with Crippen LogP contribution in [0.15, 0.2) is 54.7 Å². The number of aryl methyl sites for hydroxylation is 2. The number of fused-ring (bicyclic) bond motifs is 1. The highest BCUT2D eigenvalue weighted by molar-refractivity contribution is 6.30. The molecule has 8 heteroatoms. The Morgan fingerprint density at radius 1 is 0.935 bits per heavy atom. The lowest BCUT2D eigenvalue weighted by atomic mass is 10.2. The summed E-state index contributed by atoms with van der Waals surface area (Å²) in [7, 11) is 1.91. The molecule has 0 unspecified atom stereocenters. The summed E-state index contributed by atoms with van der Waals surface area (Å²) in [6, 6.07) is 16.3. The number of nitrogens with zero attached hydrogens (tertiary/aromatic N) is 6. The molecule has 0 saturated carbocycles. The molecule has 1 N–H and O–H groups in total. The number of anilines is 4. The maximum absolute atomic E-state index is 6.17. The Morgan fingerprint density at radius 3 is 2.42 bits per heavy atom. The van der Waals surface area contributed by atoms with Gasteiger partial charge in [0.1, 0.15) is 5.82 Å². The van der Waals surface area contributed by atoms with Gasteiger partial charge in [0, 0.05) is 49.6 Å². The van der Waals surface area contributed by atoms with Crippen LogP contribution < -0.4 is 15.1 Å². The number of benzene rings is 2. The van der Waals surface area contributed by atoms with Crippen LogP contribution in [0.2, 0.25) is 5.02 Å². The Labute approximate surface area is 186 Å². The molecule has 3 heterocycles. The van der Waals surface area contributed by atoms with Crippen LogP contribution in [0.25, 0.3) is 11.0 Å². The molecule has 0 atom stereocenters. The number of hydrogen-bond donors (Lipinski definition) is 1. The SMILES string of the molecule is Cc1ccc(Nc2nc(N3CCN(c4cccc(Cl)c4)CC3)nc3c2cnn3C)cc1. The molecule has 1 saturated heterocycles. The molecular formula is C23H24ClN7. The minimum Gasteiger partial charge on any atom is -0.368 e. The summed E-state index contributed by atoms with van der Waals surface area (Å²) in [4.78, 5) is 14.3. The number of aromatic nitrogens is 4. The van der Waals surface area contributed by atoms with Crippen molar-refractivity contribution in [3.8, 4) is 0 Å². The largest absolute Gasteiger partial charge is 0.368 e. The quantitative estimate of drug-likeness (QED) is 0.515. The van der Waals surface area contributed by atoms with E-state index in [1.807, 2.05) is 31.4 Å². The summed E-state index contributed by atoms with van der Waals surface area (Å²) >= 11 is 6.17. The lowest BCUT2D eigenvalue weighted by molar-refractivity contribution is 0.640. The van der Waals surface area contributed by atoms with Crippen molar-refractivity contribution < 1.29 is 0 Å².